The van der Waals surface area contributed by atoms with Gasteiger partial charge in [-0.05, 0) is 14.0 Å². The summed E-state index contributed by atoms with van der Waals surface area (Å²) in [6.07, 6.45) is 0.436. The third-order valence-electron chi connectivity index (χ3n) is 2.94. The molecule has 0 spiro atoms. The van der Waals surface area contributed by atoms with E-state index in [0.717, 1.165) is 19.8 Å². The molecule has 0 radical (unpaired) electrons. The molecule has 11 heavy (non-hydrogen) atoms. The van der Waals surface area contributed by atoms with Gasteiger partial charge in [-0.1, -0.05) is 0 Å². The Hall–Kier alpha value is -0.120. The second-order valence-corrected chi connectivity index (χ2v) is 3.65. The Labute approximate surface area is 67.7 Å². The van der Waals surface area contributed by atoms with E-state index in [9.17, 15) is 0 Å². The number of nitrogens with zero attached hydrogens (tertiary/aromatic N) is 1. The summed E-state index contributed by atoms with van der Waals surface area (Å²) in [6.45, 7) is 5.23. The molecule has 2 aliphatic heterocycles. The number of hydrogen-bond donors (Lipinski definition) is 1. The minimum atomic E-state index is 0.436. The maximum absolute atomic E-state index is 5.59. The minimum absolute atomic E-state index is 0.436. The van der Waals surface area contributed by atoms with Crippen LogP contribution in [0.5, 0.6) is 0 Å². The number of nitrogens with one attached hydrogen (secondary N) is 1. The van der Waals surface area contributed by atoms with Crippen molar-refractivity contribution in [2.45, 2.75) is 19.1 Å². The van der Waals surface area contributed by atoms with Crippen molar-refractivity contribution in [2.24, 2.45) is 5.92 Å². The molecule has 2 saturated heterocycles. The van der Waals surface area contributed by atoms with Gasteiger partial charge in [0.25, 0.3) is 0 Å². The summed E-state index contributed by atoms with van der Waals surface area (Å²) in [6, 6.07) is 0.707. The van der Waals surface area contributed by atoms with Gasteiger partial charge in [0.1, 0.15) is 0 Å². The monoisotopic (exact) mass is 156 g/mol. The van der Waals surface area contributed by atoms with Crippen molar-refractivity contribution in [1.82, 2.24) is 10.2 Å². The van der Waals surface area contributed by atoms with Gasteiger partial charge in [0.05, 0.1) is 12.8 Å². The van der Waals surface area contributed by atoms with Gasteiger partial charge in [-0.25, -0.2) is 0 Å². The molecule has 0 amide bonds. The van der Waals surface area contributed by atoms with Gasteiger partial charge < -0.3 is 10.1 Å². The molecule has 3 unspecified atom stereocenters. The van der Waals surface area contributed by atoms with Gasteiger partial charge in [-0.2, -0.15) is 0 Å². The highest BCUT2D eigenvalue weighted by atomic mass is 16.5. The van der Waals surface area contributed by atoms with Gasteiger partial charge in [0, 0.05) is 25.0 Å². The van der Waals surface area contributed by atoms with Crippen LogP contribution in [0.2, 0.25) is 0 Å². The van der Waals surface area contributed by atoms with Crippen molar-refractivity contribution in [2.75, 3.05) is 26.9 Å². The molecule has 2 fully saturated rings. The zero-order valence-electron chi connectivity index (χ0n) is 7.21. The molecule has 3 nitrogen and oxygen atoms in total. The lowest BCUT2D eigenvalue weighted by Gasteiger charge is -2.38. The molecule has 0 aromatic heterocycles. The number of rotatable bonds is 0. The maximum atomic E-state index is 5.59. The van der Waals surface area contributed by atoms with Crippen LogP contribution in [0.4, 0.5) is 0 Å². The summed E-state index contributed by atoms with van der Waals surface area (Å²) in [5.41, 5.74) is 0. The molecule has 2 heterocycles. The van der Waals surface area contributed by atoms with Gasteiger partial charge in [0.15, 0.2) is 0 Å². The first-order valence-electron chi connectivity index (χ1n) is 4.31. The van der Waals surface area contributed by atoms with Crippen LogP contribution in [-0.4, -0.2) is 43.9 Å². The molecule has 0 aliphatic carbocycles. The molecular weight excluding hydrogens is 140 g/mol. The zero-order valence-corrected chi connectivity index (χ0v) is 7.21. The van der Waals surface area contributed by atoms with Crippen molar-refractivity contribution in [3.8, 4) is 0 Å². The van der Waals surface area contributed by atoms with Crippen molar-refractivity contribution >= 4 is 0 Å². The molecule has 3 heteroatoms. The summed E-state index contributed by atoms with van der Waals surface area (Å²) in [4.78, 5) is 2.30. The Balaban J connectivity index is 2.08. The molecule has 1 N–H and O–H groups in total. The fraction of sp³-hybridized carbons (Fsp3) is 1.00. The Kier molecular flexibility index (Phi) is 1.87. The van der Waals surface area contributed by atoms with E-state index in [-0.39, 0.29) is 0 Å². The molecular formula is C8H16N2O. The van der Waals surface area contributed by atoms with Crippen LogP contribution in [0.15, 0.2) is 0 Å². The van der Waals surface area contributed by atoms with E-state index in [2.05, 4.69) is 24.2 Å². The van der Waals surface area contributed by atoms with E-state index >= 15 is 0 Å². The quantitative estimate of drug-likeness (QED) is 0.529. The predicted octanol–water partition coefficient (Wildman–Crippen LogP) is -0.118. The lowest BCUT2D eigenvalue weighted by Crippen LogP contribution is -2.49. The summed E-state index contributed by atoms with van der Waals surface area (Å²) in [5, 5.41) is 3.40. The second-order valence-electron chi connectivity index (χ2n) is 3.65. The number of hydrogen-bond acceptors (Lipinski definition) is 3. The van der Waals surface area contributed by atoms with Crippen LogP contribution in [0, 0.1) is 5.92 Å². The third kappa shape index (κ3) is 1.17. The standard InChI is InChI=1S/C8H16N2O/c1-6-7-3-9-4-8(7)10(2)5-11-6/h6-9H,3-5H2,1-2H3. The van der Waals surface area contributed by atoms with E-state index in [1.54, 1.807) is 0 Å². The Morgan fingerprint density at radius 1 is 1.45 bits per heavy atom. The van der Waals surface area contributed by atoms with E-state index < -0.39 is 0 Å². The van der Waals surface area contributed by atoms with Crippen molar-refractivity contribution in [3.63, 3.8) is 0 Å². The van der Waals surface area contributed by atoms with Crippen LogP contribution in [0.1, 0.15) is 6.92 Å². The first kappa shape index (κ1) is 7.53. The Bertz CT molecular complexity index is 135. The van der Waals surface area contributed by atoms with Gasteiger partial charge in [0.2, 0.25) is 0 Å². The lowest BCUT2D eigenvalue weighted by atomic mass is 9.96. The fourth-order valence-electron chi connectivity index (χ4n) is 2.10. The van der Waals surface area contributed by atoms with E-state index in [0.29, 0.717) is 18.1 Å². The Morgan fingerprint density at radius 2 is 2.27 bits per heavy atom. The molecule has 0 saturated carbocycles. The summed E-state index contributed by atoms with van der Waals surface area (Å²) in [7, 11) is 2.14. The first-order chi connectivity index (χ1) is 5.29. The summed E-state index contributed by atoms with van der Waals surface area (Å²) in [5.74, 6) is 0.703. The molecule has 64 valence electrons. The normalized spacial score (nSPS) is 45.8. The van der Waals surface area contributed by atoms with Gasteiger partial charge >= 0.3 is 0 Å². The molecule has 0 aromatic rings. The van der Waals surface area contributed by atoms with Crippen molar-refractivity contribution in [3.05, 3.63) is 0 Å². The minimum Gasteiger partial charge on any atom is -0.363 e. The van der Waals surface area contributed by atoms with Crippen LogP contribution < -0.4 is 5.32 Å². The molecule has 0 aromatic carbocycles. The van der Waals surface area contributed by atoms with E-state index in [1.165, 1.54) is 0 Å². The van der Waals surface area contributed by atoms with E-state index in [1.807, 2.05) is 0 Å². The fourth-order valence-corrected chi connectivity index (χ4v) is 2.10. The Morgan fingerprint density at radius 3 is 3.00 bits per heavy atom. The summed E-state index contributed by atoms with van der Waals surface area (Å²) >= 11 is 0. The molecule has 2 rings (SSSR count). The van der Waals surface area contributed by atoms with Crippen LogP contribution in [0.25, 0.3) is 0 Å². The van der Waals surface area contributed by atoms with Crippen molar-refractivity contribution < 1.29 is 4.74 Å². The van der Waals surface area contributed by atoms with E-state index in [4.69, 9.17) is 4.74 Å². The number of ether oxygens (including phenoxy) is 1. The largest absolute Gasteiger partial charge is 0.363 e. The highest BCUT2D eigenvalue weighted by molar-refractivity contribution is 4.92. The first-order valence-corrected chi connectivity index (χ1v) is 4.31. The van der Waals surface area contributed by atoms with Crippen LogP contribution in [-0.2, 0) is 4.74 Å². The number of likely N-dealkylation sites (N-methyl/N-ethyl adjacent to an activating group) is 1. The van der Waals surface area contributed by atoms with Crippen molar-refractivity contribution in [1.29, 1.82) is 0 Å². The zero-order chi connectivity index (χ0) is 7.84. The average molecular weight is 156 g/mol. The van der Waals surface area contributed by atoms with Crippen LogP contribution in [0.3, 0.4) is 0 Å². The average Bonchev–Trinajstić information content (AvgIpc) is 2.45. The topological polar surface area (TPSA) is 24.5 Å². The highest BCUT2D eigenvalue weighted by Gasteiger charge is 2.37. The summed E-state index contributed by atoms with van der Waals surface area (Å²) < 4.78 is 5.59. The number of fused-ring (bicyclic) bond motifs is 1. The highest BCUT2D eigenvalue weighted by Crippen LogP contribution is 2.24. The third-order valence-corrected chi connectivity index (χ3v) is 2.94. The van der Waals surface area contributed by atoms with Gasteiger partial charge in [-0.3, -0.25) is 4.90 Å². The smallest absolute Gasteiger partial charge is 0.0994 e. The second kappa shape index (κ2) is 2.73. The van der Waals surface area contributed by atoms with Gasteiger partial charge in [-0.15, -0.1) is 0 Å². The predicted molar refractivity (Wildman–Crippen MR) is 43.3 cm³/mol. The lowest BCUT2D eigenvalue weighted by molar-refractivity contribution is -0.101. The molecule has 2 aliphatic rings. The molecule has 3 atom stereocenters. The molecule has 0 bridgehead atoms. The van der Waals surface area contributed by atoms with Crippen LogP contribution >= 0.6 is 0 Å². The SMILES string of the molecule is CC1OCN(C)C2CNCC12. The maximum Gasteiger partial charge on any atom is 0.0994 e.